The summed E-state index contributed by atoms with van der Waals surface area (Å²) < 4.78 is 0. The molecule has 0 aliphatic heterocycles. The van der Waals surface area contributed by atoms with Crippen LogP contribution in [0.4, 0.5) is 0 Å². The molecule has 0 saturated carbocycles. The molecule has 1 aromatic heterocycles. The number of aliphatic carboxylic acids is 1. The maximum Gasteiger partial charge on any atom is 0.329 e. The van der Waals surface area contributed by atoms with Crippen LogP contribution in [0.5, 0.6) is 0 Å². The van der Waals surface area contributed by atoms with E-state index >= 15 is 0 Å². The second-order valence-electron chi connectivity index (χ2n) is 4.86. The number of rotatable bonds is 6. The van der Waals surface area contributed by atoms with Gasteiger partial charge in [-0.15, -0.1) is 0 Å². The number of pyridine rings is 1. The summed E-state index contributed by atoms with van der Waals surface area (Å²) in [5.41, 5.74) is -0.208. The molecule has 0 spiro atoms. The number of likely N-dealkylation sites (N-methyl/N-ethyl adjacent to an activating group) is 1. The highest BCUT2D eigenvalue weighted by Crippen LogP contribution is 2.16. The SMILES string of the molecule is CCN(C(=O)CCc1cccnc1)C(C)(C)C(=O)O. The van der Waals surface area contributed by atoms with Crippen molar-refractivity contribution in [3.63, 3.8) is 0 Å². The molecule has 0 aliphatic carbocycles. The van der Waals surface area contributed by atoms with Crippen molar-refractivity contribution < 1.29 is 14.7 Å². The van der Waals surface area contributed by atoms with E-state index in [4.69, 9.17) is 0 Å². The fourth-order valence-electron chi connectivity index (χ4n) is 1.93. The maximum absolute atomic E-state index is 12.1. The number of carboxylic acid groups (broad SMARTS) is 1. The van der Waals surface area contributed by atoms with Gasteiger partial charge in [0.15, 0.2) is 0 Å². The lowest BCUT2D eigenvalue weighted by atomic mass is 10.0. The van der Waals surface area contributed by atoms with Crippen LogP contribution in [0.25, 0.3) is 0 Å². The minimum absolute atomic E-state index is 0.154. The molecule has 0 atom stereocenters. The van der Waals surface area contributed by atoms with Crippen molar-refractivity contribution in [3.8, 4) is 0 Å². The summed E-state index contributed by atoms with van der Waals surface area (Å²) in [6.07, 6.45) is 4.25. The van der Waals surface area contributed by atoms with Crippen LogP contribution in [0.15, 0.2) is 24.5 Å². The Labute approximate surface area is 113 Å². The first-order valence-corrected chi connectivity index (χ1v) is 6.32. The molecule has 1 aromatic rings. The Morgan fingerprint density at radius 1 is 1.42 bits per heavy atom. The zero-order valence-electron chi connectivity index (χ0n) is 11.6. The Morgan fingerprint density at radius 2 is 2.11 bits per heavy atom. The van der Waals surface area contributed by atoms with E-state index in [1.807, 2.05) is 12.1 Å². The maximum atomic E-state index is 12.1. The third kappa shape index (κ3) is 3.77. The molecule has 0 fully saturated rings. The Morgan fingerprint density at radius 3 is 2.58 bits per heavy atom. The smallest absolute Gasteiger partial charge is 0.329 e. The standard InChI is InChI=1S/C14H20N2O3/c1-4-16(14(2,3)13(18)19)12(17)8-7-11-6-5-9-15-10-11/h5-6,9-10H,4,7-8H2,1-3H3,(H,18,19). The van der Waals surface area contributed by atoms with E-state index in [9.17, 15) is 14.7 Å². The van der Waals surface area contributed by atoms with Crippen LogP contribution in [0.2, 0.25) is 0 Å². The van der Waals surface area contributed by atoms with E-state index < -0.39 is 11.5 Å². The lowest BCUT2D eigenvalue weighted by molar-refractivity contribution is -0.156. The molecule has 5 nitrogen and oxygen atoms in total. The van der Waals surface area contributed by atoms with Crippen LogP contribution in [-0.4, -0.2) is 39.0 Å². The molecular weight excluding hydrogens is 244 g/mol. The zero-order valence-corrected chi connectivity index (χ0v) is 11.6. The molecule has 104 valence electrons. The molecule has 5 heteroatoms. The van der Waals surface area contributed by atoms with Crippen molar-refractivity contribution in [3.05, 3.63) is 30.1 Å². The van der Waals surface area contributed by atoms with Gasteiger partial charge in [0.05, 0.1) is 0 Å². The van der Waals surface area contributed by atoms with Gasteiger partial charge in [-0.2, -0.15) is 0 Å². The second-order valence-corrected chi connectivity index (χ2v) is 4.86. The number of amides is 1. The zero-order chi connectivity index (χ0) is 14.5. The highest BCUT2D eigenvalue weighted by molar-refractivity contribution is 5.86. The van der Waals surface area contributed by atoms with Crippen molar-refractivity contribution in [2.24, 2.45) is 0 Å². The highest BCUT2D eigenvalue weighted by Gasteiger charge is 2.36. The van der Waals surface area contributed by atoms with E-state index in [0.29, 0.717) is 13.0 Å². The van der Waals surface area contributed by atoms with Gasteiger partial charge in [0, 0.05) is 25.4 Å². The number of carboxylic acids is 1. The molecule has 0 aliphatic rings. The van der Waals surface area contributed by atoms with E-state index in [2.05, 4.69) is 4.98 Å². The number of aryl methyl sites for hydroxylation is 1. The van der Waals surface area contributed by atoms with Crippen LogP contribution >= 0.6 is 0 Å². The summed E-state index contributed by atoms with van der Waals surface area (Å²) >= 11 is 0. The average Bonchev–Trinajstić information content (AvgIpc) is 2.38. The van der Waals surface area contributed by atoms with Crippen molar-refractivity contribution in [2.75, 3.05) is 6.54 Å². The molecule has 1 N–H and O–H groups in total. The number of hydrogen-bond donors (Lipinski definition) is 1. The Kier molecular flexibility index (Phi) is 5.03. The number of nitrogens with zero attached hydrogens (tertiary/aromatic N) is 2. The molecule has 0 radical (unpaired) electrons. The number of hydrogen-bond acceptors (Lipinski definition) is 3. The molecule has 1 rings (SSSR count). The fraction of sp³-hybridized carbons (Fsp3) is 0.500. The fourth-order valence-corrected chi connectivity index (χ4v) is 1.93. The third-order valence-electron chi connectivity index (χ3n) is 3.17. The summed E-state index contributed by atoms with van der Waals surface area (Å²) in [6, 6.07) is 3.72. The molecule has 0 aromatic carbocycles. The van der Waals surface area contributed by atoms with Gasteiger partial charge in [0.25, 0.3) is 0 Å². The van der Waals surface area contributed by atoms with Crippen LogP contribution in [0.3, 0.4) is 0 Å². The van der Waals surface area contributed by atoms with Gasteiger partial charge >= 0.3 is 5.97 Å². The predicted molar refractivity (Wildman–Crippen MR) is 71.7 cm³/mol. The van der Waals surface area contributed by atoms with Gasteiger partial charge in [0.2, 0.25) is 5.91 Å². The van der Waals surface area contributed by atoms with E-state index in [-0.39, 0.29) is 12.3 Å². The van der Waals surface area contributed by atoms with Gasteiger partial charge in [-0.25, -0.2) is 4.79 Å². The normalized spacial score (nSPS) is 11.1. The number of aromatic nitrogens is 1. The van der Waals surface area contributed by atoms with E-state index in [1.54, 1.807) is 33.2 Å². The largest absolute Gasteiger partial charge is 0.480 e. The minimum atomic E-state index is -1.18. The molecule has 19 heavy (non-hydrogen) atoms. The molecule has 1 amide bonds. The van der Waals surface area contributed by atoms with Crippen LogP contribution in [0, 0.1) is 0 Å². The lowest BCUT2D eigenvalue weighted by Gasteiger charge is -2.34. The molecule has 0 unspecified atom stereocenters. The van der Waals surface area contributed by atoms with Crippen molar-refractivity contribution in [2.45, 2.75) is 39.2 Å². The summed E-state index contributed by atoms with van der Waals surface area (Å²) in [7, 11) is 0. The summed E-state index contributed by atoms with van der Waals surface area (Å²) in [5.74, 6) is -1.15. The minimum Gasteiger partial charge on any atom is -0.480 e. The first-order chi connectivity index (χ1) is 8.89. The van der Waals surface area contributed by atoms with Gasteiger partial charge in [-0.3, -0.25) is 9.78 Å². The first kappa shape index (κ1) is 15.1. The lowest BCUT2D eigenvalue weighted by Crippen LogP contribution is -2.52. The Hall–Kier alpha value is -1.91. The Bertz CT molecular complexity index is 443. The molecule has 0 bridgehead atoms. The molecule has 0 saturated heterocycles. The summed E-state index contributed by atoms with van der Waals surface area (Å²) in [5, 5.41) is 9.17. The van der Waals surface area contributed by atoms with Crippen molar-refractivity contribution in [1.29, 1.82) is 0 Å². The molecule has 1 heterocycles. The van der Waals surface area contributed by atoms with E-state index in [0.717, 1.165) is 5.56 Å². The monoisotopic (exact) mass is 264 g/mol. The topological polar surface area (TPSA) is 70.5 Å². The van der Waals surface area contributed by atoms with Crippen LogP contribution in [0.1, 0.15) is 32.8 Å². The summed E-state index contributed by atoms with van der Waals surface area (Å²) in [6.45, 7) is 5.25. The van der Waals surface area contributed by atoms with Gasteiger partial charge < -0.3 is 10.0 Å². The van der Waals surface area contributed by atoms with Crippen molar-refractivity contribution in [1.82, 2.24) is 9.88 Å². The first-order valence-electron chi connectivity index (χ1n) is 6.32. The third-order valence-corrected chi connectivity index (χ3v) is 3.17. The van der Waals surface area contributed by atoms with Gasteiger partial charge in [-0.05, 0) is 38.8 Å². The van der Waals surface area contributed by atoms with E-state index in [1.165, 1.54) is 4.90 Å². The van der Waals surface area contributed by atoms with Gasteiger partial charge in [-0.1, -0.05) is 6.07 Å². The average molecular weight is 264 g/mol. The predicted octanol–water partition coefficient (Wildman–Crippen LogP) is 1.73. The quantitative estimate of drug-likeness (QED) is 0.849. The van der Waals surface area contributed by atoms with Crippen molar-refractivity contribution >= 4 is 11.9 Å². The van der Waals surface area contributed by atoms with Gasteiger partial charge in [0.1, 0.15) is 5.54 Å². The second kappa shape index (κ2) is 6.31. The molecular formula is C14H20N2O3. The highest BCUT2D eigenvalue weighted by atomic mass is 16.4. The number of carbonyl (C=O) groups is 2. The number of carbonyl (C=O) groups excluding carboxylic acids is 1. The summed E-state index contributed by atoms with van der Waals surface area (Å²) in [4.78, 5) is 28.7. The van der Waals surface area contributed by atoms with Crippen LogP contribution < -0.4 is 0 Å². The van der Waals surface area contributed by atoms with Crippen LogP contribution in [-0.2, 0) is 16.0 Å². The Balaban J connectivity index is 2.68.